The van der Waals surface area contributed by atoms with E-state index in [2.05, 4.69) is 35.9 Å². The smallest absolute Gasteiger partial charge is 0.480 e. The summed E-state index contributed by atoms with van der Waals surface area (Å²) in [5.74, 6) is 0.873. The molecule has 0 radical (unpaired) electrons. The molecule has 4 aromatic rings. The highest BCUT2D eigenvalue weighted by Crippen LogP contribution is 2.37. The van der Waals surface area contributed by atoms with Crippen LogP contribution in [0, 0.1) is 0 Å². The van der Waals surface area contributed by atoms with Crippen LogP contribution >= 0.6 is 39.1 Å². The molecule has 1 fully saturated rings. The third kappa shape index (κ3) is 5.10. The van der Waals surface area contributed by atoms with E-state index in [1.54, 1.807) is 26.6 Å². The van der Waals surface area contributed by atoms with Crippen molar-refractivity contribution in [3.8, 4) is 11.8 Å². The zero-order valence-electron chi connectivity index (χ0n) is 20.6. The molecule has 0 bridgehead atoms. The van der Waals surface area contributed by atoms with Crippen molar-refractivity contribution in [2.24, 2.45) is 0 Å². The molecule has 0 spiro atoms. The topological polar surface area (TPSA) is 88.5 Å². The van der Waals surface area contributed by atoms with Crippen molar-refractivity contribution in [3.05, 3.63) is 51.2 Å². The van der Waals surface area contributed by atoms with E-state index in [0.29, 0.717) is 38.4 Å². The molecule has 1 aliphatic rings. The zero-order valence-corrected chi connectivity index (χ0v) is 23.7. The van der Waals surface area contributed by atoms with E-state index in [-0.39, 0.29) is 0 Å². The first kappa shape index (κ1) is 26.8. The van der Waals surface area contributed by atoms with Gasteiger partial charge < -0.3 is 18.8 Å². The molecule has 2 aromatic carbocycles. The Kier molecular flexibility index (Phi) is 7.64. The van der Waals surface area contributed by atoms with Crippen LogP contribution in [-0.2, 0) is 9.31 Å². The molecule has 0 aliphatic carbocycles. The summed E-state index contributed by atoms with van der Waals surface area (Å²) in [6, 6.07) is 7.41. The lowest BCUT2D eigenvalue weighted by molar-refractivity contribution is 0.00578. The van der Waals surface area contributed by atoms with E-state index in [4.69, 9.17) is 42.0 Å². The molecule has 12 heteroatoms. The van der Waals surface area contributed by atoms with Crippen LogP contribution in [0.2, 0.25) is 10.0 Å². The van der Waals surface area contributed by atoms with Gasteiger partial charge in [0, 0.05) is 9.94 Å². The molecular weight excluding hydrogens is 570 g/mol. The van der Waals surface area contributed by atoms with Gasteiger partial charge in [-0.2, -0.15) is 0 Å². The average molecular weight is 594 g/mol. The number of rotatable bonds is 3. The molecular formula is C24H24BBrCl2N4O4. The maximum atomic E-state index is 6.52. The van der Waals surface area contributed by atoms with Crippen molar-refractivity contribution >= 4 is 73.8 Å². The average Bonchev–Trinajstić information content (AvgIpc) is 3.08. The van der Waals surface area contributed by atoms with Crippen LogP contribution in [0.5, 0.6) is 11.8 Å². The quantitative estimate of drug-likeness (QED) is 0.282. The lowest BCUT2D eigenvalue weighted by Gasteiger charge is -2.32. The predicted octanol–water partition coefficient (Wildman–Crippen LogP) is 5.65. The maximum absolute atomic E-state index is 6.52. The molecule has 8 nitrogen and oxygen atoms in total. The van der Waals surface area contributed by atoms with Gasteiger partial charge in [0.15, 0.2) is 0 Å². The number of benzene rings is 2. The summed E-state index contributed by atoms with van der Waals surface area (Å²) < 4.78 is 23.0. The lowest BCUT2D eigenvalue weighted by Crippen LogP contribution is -2.41. The van der Waals surface area contributed by atoms with Crippen molar-refractivity contribution in [3.63, 3.8) is 0 Å². The second-order valence-corrected chi connectivity index (χ2v) is 10.6. The standard InChI is InChI=1S/C15H18BClN2O3.C9H6BrClN2O/c1-14(2)15(3,4)22-16(21-14)9-6-7-10-13(12(9)17)19-11(20-5)8-18-10;1-14-7-4-12-6-3-2-5(10)8(11)9(6)13-7/h6-8H,1-5H3;2-4H,1H3. The van der Waals surface area contributed by atoms with Crippen molar-refractivity contribution in [2.45, 2.75) is 38.9 Å². The Labute approximate surface area is 227 Å². The summed E-state index contributed by atoms with van der Waals surface area (Å²) in [7, 11) is 2.55. The first-order valence-electron chi connectivity index (χ1n) is 11.0. The Morgan fingerprint density at radius 1 is 0.778 bits per heavy atom. The third-order valence-electron chi connectivity index (χ3n) is 6.17. The Bertz CT molecular complexity index is 1420. The van der Waals surface area contributed by atoms with E-state index in [9.17, 15) is 0 Å². The first-order valence-corrected chi connectivity index (χ1v) is 12.5. The Morgan fingerprint density at radius 3 is 1.75 bits per heavy atom. The van der Waals surface area contributed by atoms with E-state index in [0.717, 1.165) is 15.5 Å². The molecule has 0 amide bonds. The van der Waals surface area contributed by atoms with Crippen LogP contribution < -0.4 is 14.9 Å². The van der Waals surface area contributed by atoms with Crippen LogP contribution in [-0.4, -0.2) is 52.5 Å². The number of methoxy groups -OCH3 is 2. The summed E-state index contributed by atoms with van der Waals surface area (Å²) in [5.41, 5.74) is 2.57. The molecule has 0 unspecified atom stereocenters. The van der Waals surface area contributed by atoms with E-state index >= 15 is 0 Å². The fourth-order valence-corrected chi connectivity index (χ4v) is 4.21. The Hall–Kier alpha value is -2.24. The van der Waals surface area contributed by atoms with Gasteiger partial charge in [-0.05, 0) is 61.8 Å². The second-order valence-electron chi connectivity index (χ2n) is 8.98. The molecule has 0 saturated carbocycles. The summed E-state index contributed by atoms with van der Waals surface area (Å²) >= 11 is 15.9. The van der Waals surface area contributed by atoms with Gasteiger partial charge in [0.2, 0.25) is 11.8 Å². The predicted molar refractivity (Wildman–Crippen MR) is 146 cm³/mol. The molecule has 0 atom stereocenters. The van der Waals surface area contributed by atoms with Crippen molar-refractivity contribution in [2.75, 3.05) is 14.2 Å². The van der Waals surface area contributed by atoms with Gasteiger partial charge in [-0.3, -0.25) is 0 Å². The molecule has 0 N–H and O–H groups in total. The van der Waals surface area contributed by atoms with E-state index in [1.807, 2.05) is 52.0 Å². The van der Waals surface area contributed by atoms with Crippen LogP contribution in [0.15, 0.2) is 41.1 Å². The van der Waals surface area contributed by atoms with E-state index in [1.165, 1.54) is 0 Å². The maximum Gasteiger partial charge on any atom is 0.496 e. The number of halogens is 3. The SMILES string of the molecule is COc1cnc2ccc(B3OC(C)(C)C(C)(C)O3)c(Cl)c2n1.COc1cnc2ccc(Br)c(Cl)c2n1. The summed E-state index contributed by atoms with van der Waals surface area (Å²) in [6.45, 7) is 8.02. The van der Waals surface area contributed by atoms with Gasteiger partial charge in [0.25, 0.3) is 0 Å². The van der Waals surface area contributed by atoms with Gasteiger partial charge in [-0.1, -0.05) is 29.3 Å². The highest BCUT2D eigenvalue weighted by Gasteiger charge is 2.52. The normalized spacial score (nSPS) is 16.1. The molecule has 36 heavy (non-hydrogen) atoms. The number of ether oxygens (including phenoxy) is 2. The number of hydrogen-bond donors (Lipinski definition) is 0. The van der Waals surface area contributed by atoms with Crippen LogP contribution in [0.1, 0.15) is 27.7 Å². The van der Waals surface area contributed by atoms with Crippen LogP contribution in [0.3, 0.4) is 0 Å². The summed E-state index contributed by atoms with van der Waals surface area (Å²) in [6.07, 6.45) is 3.12. The molecule has 1 saturated heterocycles. The van der Waals surface area contributed by atoms with Gasteiger partial charge in [-0.15, -0.1) is 0 Å². The summed E-state index contributed by atoms with van der Waals surface area (Å²) in [5, 5.41) is 1.02. The van der Waals surface area contributed by atoms with Crippen LogP contribution in [0.4, 0.5) is 0 Å². The minimum Gasteiger partial charge on any atom is -0.480 e. The van der Waals surface area contributed by atoms with Crippen LogP contribution in [0.25, 0.3) is 22.1 Å². The molecule has 1 aliphatic heterocycles. The minimum atomic E-state index is -0.532. The van der Waals surface area contributed by atoms with Gasteiger partial charge in [0.05, 0.1) is 58.9 Å². The summed E-state index contributed by atoms with van der Waals surface area (Å²) in [4.78, 5) is 17.0. The number of nitrogens with zero attached hydrogens (tertiary/aromatic N) is 4. The molecule has 3 heterocycles. The molecule has 2 aromatic heterocycles. The van der Waals surface area contributed by atoms with Gasteiger partial charge in [0.1, 0.15) is 11.0 Å². The minimum absolute atomic E-state index is 0.417. The number of fused-ring (bicyclic) bond motifs is 2. The molecule has 5 rings (SSSR count). The largest absolute Gasteiger partial charge is 0.496 e. The Balaban J connectivity index is 0.000000187. The van der Waals surface area contributed by atoms with Crippen molar-refractivity contribution < 1.29 is 18.8 Å². The van der Waals surface area contributed by atoms with Gasteiger partial charge in [-0.25, -0.2) is 19.9 Å². The molecule has 188 valence electrons. The third-order valence-corrected chi connectivity index (χ3v) is 7.84. The van der Waals surface area contributed by atoms with Gasteiger partial charge >= 0.3 is 7.12 Å². The fraction of sp³-hybridized carbons (Fsp3) is 0.333. The fourth-order valence-electron chi connectivity index (χ4n) is 3.40. The zero-order chi connectivity index (χ0) is 26.3. The highest BCUT2D eigenvalue weighted by atomic mass is 79.9. The lowest BCUT2D eigenvalue weighted by atomic mass is 9.79. The number of aromatic nitrogens is 4. The first-order chi connectivity index (χ1) is 17.0. The Morgan fingerprint density at radius 2 is 1.25 bits per heavy atom. The van der Waals surface area contributed by atoms with E-state index < -0.39 is 18.3 Å². The van der Waals surface area contributed by atoms with Crippen molar-refractivity contribution in [1.82, 2.24) is 19.9 Å². The van der Waals surface area contributed by atoms with Crippen molar-refractivity contribution in [1.29, 1.82) is 0 Å². The highest BCUT2D eigenvalue weighted by molar-refractivity contribution is 9.10. The second kappa shape index (κ2) is 10.3. The number of hydrogen-bond acceptors (Lipinski definition) is 8. The monoisotopic (exact) mass is 592 g/mol.